The topological polar surface area (TPSA) is 61.8 Å². The van der Waals surface area contributed by atoms with E-state index in [1.54, 1.807) is 12.1 Å². The second-order valence-electron chi connectivity index (χ2n) is 3.37. The molecule has 0 bridgehead atoms. The molecule has 0 radical (unpaired) electrons. The molecule has 0 aliphatic carbocycles. The summed E-state index contributed by atoms with van der Waals surface area (Å²) in [6, 6.07) is 7.89. The Kier molecular flexibility index (Phi) is 3.35. The van der Waals surface area contributed by atoms with Crippen molar-refractivity contribution in [2.24, 2.45) is 0 Å². The summed E-state index contributed by atoms with van der Waals surface area (Å²) in [5.74, 6) is 0. The van der Waals surface area contributed by atoms with Crippen LogP contribution in [0.5, 0.6) is 0 Å². The van der Waals surface area contributed by atoms with Gasteiger partial charge < -0.3 is 11.1 Å². The molecule has 0 aliphatic rings. The Balaban J connectivity index is 2.86. The molecule has 1 unspecified atom stereocenters. The molecule has 0 fully saturated rings. The summed E-state index contributed by atoms with van der Waals surface area (Å²) in [6.45, 7) is 4.21. The Bertz CT molecular complexity index is 352. The van der Waals surface area contributed by atoms with E-state index in [2.05, 4.69) is 25.2 Å². The summed E-state index contributed by atoms with van der Waals surface area (Å²) in [7, 11) is 0. The molecule has 1 atom stereocenters. The minimum Gasteiger partial charge on any atom is -0.398 e. The van der Waals surface area contributed by atoms with Crippen LogP contribution in [-0.2, 0) is 0 Å². The molecule has 14 heavy (non-hydrogen) atoms. The maximum Gasteiger partial charge on any atom is 0.101 e. The molecule has 0 aliphatic heterocycles. The minimum absolute atomic E-state index is 0.408. The molecule has 1 rings (SSSR count). The van der Waals surface area contributed by atoms with Gasteiger partial charge in [0, 0.05) is 17.4 Å². The van der Waals surface area contributed by atoms with Gasteiger partial charge in [-0.3, -0.25) is 0 Å². The fraction of sp³-hybridized carbons (Fsp3) is 0.364. The van der Waals surface area contributed by atoms with Crippen molar-refractivity contribution in [1.29, 1.82) is 5.26 Å². The number of nitriles is 1. The SMILES string of the molecule is CCC(C)Nc1ccc(N)c(C#N)c1. The van der Waals surface area contributed by atoms with Gasteiger partial charge in [0.25, 0.3) is 0 Å². The first-order chi connectivity index (χ1) is 6.67. The lowest BCUT2D eigenvalue weighted by molar-refractivity contribution is 0.764. The van der Waals surface area contributed by atoms with Crippen molar-refractivity contribution in [3.8, 4) is 6.07 Å². The van der Waals surface area contributed by atoms with E-state index in [1.165, 1.54) is 0 Å². The number of anilines is 2. The predicted octanol–water partition coefficient (Wildman–Crippen LogP) is 2.35. The quantitative estimate of drug-likeness (QED) is 0.717. The van der Waals surface area contributed by atoms with Gasteiger partial charge in [-0.1, -0.05) is 6.92 Å². The molecular formula is C11H15N3. The molecule has 3 heteroatoms. The molecule has 0 aromatic heterocycles. The van der Waals surface area contributed by atoms with E-state index in [9.17, 15) is 0 Å². The predicted molar refractivity (Wildman–Crippen MR) is 58.9 cm³/mol. The van der Waals surface area contributed by atoms with E-state index in [0.29, 0.717) is 17.3 Å². The monoisotopic (exact) mass is 189 g/mol. The highest BCUT2D eigenvalue weighted by Gasteiger charge is 2.02. The van der Waals surface area contributed by atoms with E-state index < -0.39 is 0 Å². The standard InChI is InChI=1S/C11H15N3/c1-3-8(2)14-10-4-5-11(13)9(6-10)7-12/h4-6,8,14H,3,13H2,1-2H3. The fourth-order valence-corrected chi connectivity index (χ4v) is 1.13. The first kappa shape index (κ1) is 10.4. The third kappa shape index (κ3) is 2.40. The van der Waals surface area contributed by atoms with Crippen molar-refractivity contribution in [3.05, 3.63) is 23.8 Å². The first-order valence-corrected chi connectivity index (χ1v) is 4.73. The number of hydrogen-bond donors (Lipinski definition) is 2. The van der Waals surface area contributed by atoms with Crippen LogP contribution in [-0.4, -0.2) is 6.04 Å². The number of nitrogens with zero attached hydrogens (tertiary/aromatic N) is 1. The van der Waals surface area contributed by atoms with E-state index in [1.807, 2.05) is 6.07 Å². The lowest BCUT2D eigenvalue weighted by atomic mass is 10.1. The summed E-state index contributed by atoms with van der Waals surface area (Å²) in [5.41, 5.74) is 7.62. The number of nitrogens with one attached hydrogen (secondary N) is 1. The average Bonchev–Trinajstić information content (AvgIpc) is 2.20. The fourth-order valence-electron chi connectivity index (χ4n) is 1.13. The van der Waals surface area contributed by atoms with Crippen LogP contribution in [0.4, 0.5) is 11.4 Å². The molecule has 0 saturated carbocycles. The van der Waals surface area contributed by atoms with Gasteiger partial charge in [0.15, 0.2) is 0 Å². The van der Waals surface area contributed by atoms with E-state index in [0.717, 1.165) is 12.1 Å². The molecule has 1 aromatic rings. The number of benzene rings is 1. The van der Waals surface area contributed by atoms with Crippen LogP contribution >= 0.6 is 0 Å². The number of nitrogens with two attached hydrogens (primary N) is 1. The zero-order chi connectivity index (χ0) is 10.6. The Morgan fingerprint density at radius 3 is 2.86 bits per heavy atom. The smallest absolute Gasteiger partial charge is 0.101 e. The van der Waals surface area contributed by atoms with E-state index in [-0.39, 0.29) is 0 Å². The van der Waals surface area contributed by atoms with Crippen LogP contribution in [0, 0.1) is 11.3 Å². The normalized spacial score (nSPS) is 11.8. The van der Waals surface area contributed by atoms with Gasteiger partial charge in [0.2, 0.25) is 0 Å². The highest BCUT2D eigenvalue weighted by atomic mass is 14.9. The number of nitrogen functional groups attached to an aromatic ring is 1. The molecule has 0 saturated heterocycles. The van der Waals surface area contributed by atoms with Crippen molar-refractivity contribution >= 4 is 11.4 Å². The summed E-state index contributed by atoms with van der Waals surface area (Å²) in [6.07, 6.45) is 1.05. The third-order valence-corrected chi connectivity index (χ3v) is 2.20. The highest BCUT2D eigenvalue weighted by molar-refractivity contribution is 5.62. The van der Waals surface area contributed by atoms with Crippen molar-refractivity contribution in [2.45, 2.75) is 26.3 Å². The van der Waals surface area contributed by atoms with Crippen molar-refractivity contribution < 1.29 is 0 Å². The van der Waals surface area contributed by atoms with Gasteiger partial charge in [-0.15, -0.1) is 0 Å². The Labute approximate surface area is 84.5 Å². The lowest BCUT2D eigenvalue weighted by Crippen LogP contribution is -2.13. The number of rotatable bonds is 3. The van der Waals surface area contributed by atoms with Crippen LogP contribution in [0.2, 0.25) is 0 Å². The zero-order valence-electron chi connectivity index (χ0n) is 8.54. The molecule has 74 valence electrons. The van der Waals surface area contributed by atoms with Gasteiger partial charge >= 0.3 is 0 Å². The molecule has 3 N–H and O–H groups in total. The van der Waals surface area contributed by atoms with Crippen molar-refractivity contribution in [3.63, 3.8) is 0 Å². The van der Waals surface area contributed by atoms with Gasteiger partial charge in [-0.05, 0) is 31.5 Å². The van der Waals surface area contributed by atoms with Crippen LogP contribution in [0.15, 0.2) is 18.2 Å². The maximum absolute atomic E-state index is 8.78. The lowest BCUT2D eigenvalue weighted by Gasteiger charge is -2.13. The summed E-state index contributed by atoms with van der Waals surface area (Å²) >= 11 is 0. The minimum atomic E-state index is 0.408. The molecule has 0 heterocycles. The maximum atomic E-state index is 8.78. The van der Waals surface area contributed by atoms with Crippen LogP contribution in [0.25, 0.3) is 0 Å². The van der Waals surface area contributed by atoms with Crippen LogP contribution in [0.1, 0.15) is 25.8 Å². The van der Waals surface area contributed by atoms with Gasteiger partial charge in [0.1, 0.15) is 6.07 Å². The summed E-state index contributed by atoms with van der Waals surface area (Å²) < 4.78 is 0. The van der Waals surface area contributed by atoms with E-state index >= 15 is 0 Å². The third-order valence-electron chi connectivity index (χ3n) is 2.20. The van der Waals surface area contributed by atoms with Crippen LogP contribution < -0.4 is 11.1 Å². The summed E-state index contributed by atoms with van der Waals surface area (Å²) in [5, 5.41) is 12.1. The highest BCUT2D eigenvalue weighted by Crippen LogP contribution is 2.17. The Morgan fingerprint density at radius 1 is 1.57 bits per heavy atom. The molecule has 1 aromatic carbocycles. The second-order valence-corrected chi connectivity index (χ2v) is 3.37. The largest absolute Gasteiger partial charge is 0.398 e. The molecule has 3 nitrogen and oxygen atoms in total. The Morgan fingerprint density at radius 2 is 2.29 bits per heavy atom. The molecule has 0 spiro atoms. The van der Waals surface area contributed by atoms with Gasteiger partial charge in [-0.25, -0.2) is 0 Å². The van der Waals surface area contributed by atoms with Crippen molar-refractivity contribution in [2.75, 3.05) is 11.1 Å². The second kappa shape index (κ2) is 4.52. The van der Waals surface area contributed by atoms with Crippen molar-refractivity contribution in [1.82, 2.24) is 0 Å². The first-order valence-electron chi connectivity index (χ1n) is 4.73. The average molecular weight is 189 g/mol. The van der Waals surface area contributed by atoms with Crippen LogP contribution in [0.3, 0.4) is 0 Å². The number of hydrogen-bond acceptors (Lipinski definition) is 3. The zero-order valence-corrected chi connectivity index (χ0v) is 8.54. The van der Waals surface area contributed by atoms with Gasteiger partial charge in [0.05, 0.1) is 5.56 Å². The summed E-state index contributed by atoms with van der Waals surface area (Å²) in [4.78, 5) is 0. The molecular weight excluding hydrogens is 174 g/mol. The molecule has 0 amide bonds. The van der Waals surface area contributed by atoms with Gasteiger partial charge in [-0.2, -0.15) is 5.26 Å². The Hall–Kier alpha value is -1.69. The van der Waals surface area contributed by atoms with E-state index in [4.69, 9.17) is 11.0 Å².